The predicted octanol–water partition coefficient (Wildman–Crippen LogP) is 7.40. The summed E-state index contributed by atoms with van der Waals surface area (Å²) in [7, 11) is 0. The first-order valence-electron chi connectivity index (χ1n) is 13.7. The lowest BCUT2D eigenvalue weighted by Crippen LogP contribution is -2.41. The number of likely N-dealkylation sites (tertiary alicyclic amines) is 1. The number of pyridine rings is 1. The molecule has 0 bridgehead atoms. The van der Waals surface area contributed by atoms with Crippen molar-refractivity contribution >= 4 is 28.9 Å². The van der Waals surface area contributed by atoms with Crippen molar-refractivity contribution in [2.75, 3.05) is 18.4 Å². The van der Waals surface area contributed by atoms with Gasteiger partial charge in [-0.3, -0.25) is 9.98 Å². The van der Waals surface area contributed by atoms with E-state index in [0.717, 1.165) is 89.1 Å². The Kier molecular flexibility index (Phi) is 8.65. The maximum Gasteiger partial charge on any atom is 0.0668 e. The van der Waals surface area contributed by atoms with Crippen molar-refractivity contribution in [2.24, 2.45) is 16.6 Å². The second kappa shape index (κ2) is 11.9. The van der Waals surface area contributed by atoms with E-state index in [-0.39, 0.29) is 6.04 Å². The number of hydrogen-bond donors (Lipinski definition) is 2. The van der Waals surface area contributed by atoms with E-state index in [1.165, 1.54) is 24.8 Å². The van der Waals surface area contributed by atoms with E-state index >= 15 is 0 Å². The third-order valence-corrected chi connectivity index (χ3v) is 7.51. The van der Waals surface area contributed by atoms with Crippen LogP contribution < -0.4 is 11.1 Å². The van der Waals surface area contributed by atoms with E-state index in [4.69, 9.17) is 10.7 Å². The van der Waals surface area contributed by atoms with E-state index in [0.29, 0.717) is 0 Å². The number of benzene rings is 1. The molecule has 2 heterocycles. The number of aliphatic imine (C=N–C) groups is 1. The topological polar surface area (TPSA) is 66.5 Å². The zero-order valence-corrected chi connectivity index (χ0v) is 23.1. The minimum Gasteiger partial charge on any atom is -0.370 e. The molecule has 1 saturated carbocycles. The van der Waals surface area contributed by atoms with E-state index in [2.05, 4.69) is 73.4 Å². The van der Waals surface area contributed by atoms with Gasteiger partial charge < -0.3 is 16.0 Å². The van der Waals surface area contributed by atoms with Gasteiger partial charge in [0, 0.05) is 59.4 Å². The molecule has 4 rings (SSSR count). The number of aromatic nitrogens is 1. The quantitative estimate of drug-likeness (QED) is 0.336. The van der Waals surface area contributed by atoms with Gasteiger partial charge in [-0.15, -0.1) is 0 Å². The number of allylic oxidation sites excluding steroid dienone is 2. The van der Waals surface area contributed by atoms with Crippen molar-refractivity contribution in [2.45, 2.75) is 72.3 Å². The number of aryl methyl sites for hydroxylation is 2. The third-order valence-electron chi connectivity index (χ3n) is 7.51. The second-order valence-electron chi connectivity index (χ2n) is 10.9. The Labute approximate surface area is 223 Å². The van der Waals surface area contributed by atoms with Crippen LogP contribution in [0.15, 0.2) is 59.9 Å². The molecule has 0 radical (unpaired) electrons. The molecule has 2 aliphatic rings. The summed E-state index contributed by atoms with van der Waals surface area (Å²) >= 11 is 0. The summed E-state index contributed by atoms with van der Waals surface area (Å²) in [6.45, 7) is 18.6. The SMILES string of the molecule is C=C(C)Nc1ccnc(C)c1/C=C(CCC1CC1)/C(C)=N/c1cc(C(=C)N2CCCC(N)C2)ccc1C. The number of piperidine rings is 1. The van der Waals surface area contributed by atoms with Crippen LogP contribution in [0.1, 0.15) is 74.8 Å². The molecule has 1 aliphatic carbocycles. The van der Waals surface area contributed by atoms with Gasteiger partial charge in [-0.1, -0.05) is 38.1 Å². The lowest BCUT2D eigenvalue weighted by molar-refractivity contribution is 0.296. The molecule has 1 saturated heterocycles. The van der Waals surface area contributed by atoms with Gasteiger partial charge in [-0.2, -0.15) is 0 Å². The predicted molar refractivity (Wildman–Crippen MR) is 159 cm³/mol. The Hall–Kier alpha value is -3.18. The maximum atomic E-state index is 6.23. The van der Waals surface area contributed by atoms with Gasteiger partial charge >= 0.3 is 0 Å². The van der Waals surface area contributed by atoms with Crippen LogP contribution in [-0.2, 0) is 0 Å². The number of anilines is 1. The van der Waals surface area contributed by atoms with Crippen LogP contribution in [0.4, 0.5) is 11.4 Å². The zero-order valence-electron chi connectivity index (χ0n) is 23.1. The second-order valence-corrected chi connectivity index (χ2v) is 10.9. The van der Waals surface area contributed by atoms with E-state index in [1.807, 2.05) is 19.2 Å². The van der Waals surface area contributed by atoms with Crippen LogP contribution in [0.2, 0.25) is 0 Å². The van der Waals surface area contributed by atoms with Crippen LogP contribution in [0.3, 0.4) is 0 Å². The molecule has 1 aromatic heterocycles. The fraction of sp³-hybridized carbons (Fsp3) is 0.438. The minimum atomic E-state index is 0.218. The summed E-state index contributed by atoms with van der Waals surface area (Å²) in [4.78, 5) is 12.1. The molecule has 3 N–H and O–H groups in total. The lowest BCUT2D eigenvalue weighted by Gasteiger charge is -2.34. The average Bonchev–Trinajstić information content (AvgIpc) is 3.68. The van der Waals surface area contributed by atoms with Crippen molar-refractivity contribution < 1.29 is 0 Å². The first kappa shape index (κ1) is 26.9. The lowest BCUT2D eigenvalue weighted by atomic mass is 9.98. The van der Waals surface area contributed by atoms with Gasteiger partial charge in [0.2, 0.25) is 0 Å². The van der Waals surface area contributed by atoms with Crippen molar-refractivity contribution in [3.63, 3.8) is 0 Å². The van der Waals surface area contributed by atoms with Gasteiger partial charge in [0.25, 0.3) is 0 Å². The highest BCUT2D eigenvalue weighted by Crippen LogP contribution is 2.36. The summed E-state index contributed by atoms with van der Waals surface area (Å²) in [5.74, 6) is 0.850. The average molecular weight is 498 g/mol. The molecular formula is C32H43N5. The van der Waals surface area contributed by atoms with Crippen LogP contribution >= 0.6 is 0 Å². The Morgan fingerprint density at radius 3 is 2.68 bits per heavy atom. The third kappa shape index (κ3) is 7.20. The van der Waals surface area contributed by atoms with Gasteiger partial charge in [-0.25, -0.2) is 0 Å². The van der Waals surface area contributed by atoms with Crippen molar-refractivity contribution in [1.82, 2.24) is 9.88 Å². The molecule has 2 fully saturated rings. The summed E-state index contributed by atoms with van der Waals surface area (Å²) < 4.78 is 0. The van der Waals surface area contributed by atoms with Crippen molar-refractivity contribution in [3.8, 4) is 0 Å². The molecule has 196 valence electrons. The molecule has 1 atom stereocenters. The Bertz CT molecular complexity index is 1220. The number of nitrogens with one attached hydrogen (secondary N) is 1. The minimum absolute atomic E-state index is 0.218. The van der Waals surface area contributed by atoms with Crippen LogP contribution in [-0.4, -0.2) is 34.7 Å². The van der Waals surface area contributed by atoms with Crippen LogP contribution in [0, 0.1) is 19.8 Å². The Morgan fingerprint density at radius 1 is 1.19 bits per heavy atom. The molecule has 5 nitrogen and oxygen atoms in total. The maximum absolute atomic E-state index is 6.23. The highest BCUT2D eigenvalue weighted by atomic mass is 15.2. The summed E-state index contributed by atoms with van der Waals surface area (Å²) in [6.07, 6.45) is 11.2. The van der Waals surface area contributed by atoms with E-state index in [9.17, 15) is 0 Å². The van der Waals surface area contributed by atoms with Crippen LogP contribution in [0.25, 0.3) is 11.8 Å². The summed E-state index contributed by atoms with van der Waals surface area (Å²) in [5, 5.41) is 3.41. The molecule has 37 heavy (non-hydrogen) atoms. The summed E-state index contributed by atoms with van der Waals surface area (Å²) in [5.41, 5.74) is 16.9. The normalized spacial score (nSPS) is 18.6. The molecule has 1 aliphatic heterocycles. The standard InChI is InChI=1S/C32H43N5/c1-21(2)35-31-15-16-34-24(5)30(31)18-27(14-12-26-10-11-26)23(4)36-32-19-28(13-9-22(32)3)25(6)37-17-7-8-29(33)20-37/h9,13,15-16,18-19,26,29H,1,6-8,10-12,14,17,20,33H2,2-5H3,(H,34,35)/b27-18+,36-23+. The van der Waals surface area contributed by atoms with Gasteiger partial charge in [0.1, 0.15) is 0 Å². The molecule has 1 unspecified atom stereocenters. The fourth-order valence-corrected chi connectivity index (χ4v) is 5.00. The van der Waals surface area contributed by atoms with Gasteiger partial charge in [0.05, 0.1) is 5.69 Å². The van der Waals surface area contributed by atoms with E-state index in [1.54, 1.807) is 0 Å². The Morgan fingerprint density at radius 2 is 1.97 bits per heavy atom. The number of nitrogens with two attached hydrogens (primary N) is 1. The van der Waals surface area contributed by atoms with E-state index < -0.39 is 0 Å². The fourth-order valence-electron chi connectivity index (χ4n) is 5.00. The van der Waals surface area contributed by atoms with Crippen molar-refractivity contribution in [3.05, 3.63) is 77.3 Å². The highest BCUT2D eigenvalue weighted by Gasteiger charge is 2.22. The summed E-state index contributed by atoms with van der Waals surface area (Å²) in [6, 6.07) is 8.73. The van der Waals surface area contributed by atoms with Gasteiger partial charge in [0.15, 0.2) is 0 Å². The monoisotopic (exact) mass is 497 g/mol. The zero-order chi connectivity index (χ0) is 26.5. The number of rotatable bonds is 10. The number of hydrogen-bond acceptors (Lipinski definition) is 5. The highest BCUT2D eigenvalue weighted by molar-refractivity contribution is 6.04. The molecule has 2 aromatic rings. The van der Waals surface area contributed by atoms with Gasteiger partial charge in [-0.05, 0) is 94.2 Å². The Balaban J connectivity index is 1.67. The molecule has 0 spiro atoms. The number of nitrogens with zero attached hydrogens (tertiary/aromatic N) is 3. The smallest absolute Gasteiger partial charge is 0.0668 e. The largest absolute Gasteiger partial charge is 0.370 e. The molecule has 5 heteroatoms. The van der Waals surface area contributed by atoms with Crippen LogP contribution in [0.5, 0.6) is 0 Å². The molecular weight excluding hydrogens is 454 g/mol. The first-order chi connectivity index (χ1) is 17.7. The first-order valence-corrected chi connectivity index (χ1v) is 13.7. The molecule has 1 aromatic carbocycles. The molecule has 0 amide bonds. The van der Waals surface area contributed by atoms with Crippen molar-refractivity contribution in [1.29, 1.82) is 0 Å².